The Morgan fingerprint density at radius 3 is 2.88 bits per heavy atom. The van der Waals surface area contributed by atoms with E-state index in [1.165, 1.54) is 0 Å². The van der Waals surface area contributed by atoms with E-state index in [2.05, 4.69) is 0 Å². The first-order chi connectivity index (χ1) is 3.84. The van der Waals surface area contributed by atoms with Gasteiger partial charge in [0.25, 0.3) is 0 Å². The van der Waals surface area contributed by atoms with Gasteiger partial charge in [-0.1, -0.05) is 0 Å². The average Bonchev–Trinajstić information content (AvgIpc) is 2.45. The molecular formula is C6H12O2. The normalized spacial score (nSPS) is 30.0. The molecule has 0 radical (unpaired) electrons. The van der Waals surface area contributed by atoms with E-state index in [9.17, 15) is 0 Å². The van der Waals surface area contributed by atoms with Gasteiger partial charge in [0, 0.05) is 6.61 Å². The highest BCUT2D eigenvalue weighted by molar-refractivity contribution is 4.75. The first-order valence-electron chi connectivity index (χ1n) is 3.07. The van der Waals surface area contributed by atoms with Gasteiger partial charge in [0.1, 0.15) is 6.10 Å². The number of rotatable bonds is 3. The van der Waals surface area contributed by atoms with Crippen LogP contribution in [0.15, 0.2) is 0 Å². The van der Waals surface area contributed by atoms with Crippen molar-refractivity contribution in [1.29, 1.82) is 0 Å². The second-order valence-electron chi connectivity index (χ2n) is 2.03. The Morgan fingerprint density at radius 2 is 2.50 bits per heavy atom. The minimum atomic E-state index is 0.306. The minimum absolute atomic E-state index is 0.306. The van der Waals surface area contributed by atoms with Gasteiger partial charge in [-0.15, -0.1) is 0 Å². The van der Waals surface area contributed by atoms with Crippen LogP contribution in [0.5, 0.6) is 0 Å². The van der Waals surface area contributed by atoms with Crippen molar-refractivity contribution in [3.05, 3.63) is 0 Å². The van der Waals surface area contributed by atoms with Crippen LogP contribution in [0.3, 0.4) is 0 Å². The van der Waals surface area contributed by atoms with E-state index in [0.717, 1.165) is 13.2 Å². The number of ether oxygens (including phenoxy) is 2. The molecule has 1 heterocycles. The lowest BCUT2D eigenvalue weighted by molar-refractivity contribution is 0.0549. The largest absolute Gasteiger partial charge is 0.376 e. The van der Waals surface area contributed by atoms with E-state index in [1.807, 2.05) is 13.8 Å². The van der Waals surface area contributed by atoms with E-state index >= 15 is 0 Å². The van der Waals surface area contributed by atoms with Crippen LogP contribution < -0.4 is 0 Å². The summed E-state index contributed by atoms with van der Waals surface area (Å²) in [6.45, 7) is 5.72. The average molecular weight is 116 g/mol. The van der Waals surface area contributed by atoms with Crippen molar-refractivity contribution < 1.29 is 9.47 Å². The van der Waals surface area contributed by atoms with Crippen molar-refractivity contribution in [3.63, 3.8) is 0 Å². The van der Waals surface area contributed by atoms with Crippen molar-refractivity contribution in [2.75, 3.05) is 13.2 Å². The summed E-state index contributed by atoms with van der Waals surface area (Å²) in [6, 6.07) is 0. The van der Waals surface area contributed by atoms with Crippen LogP contribution in [0.1, 0.15) is 13.8 Å². The lowest BCUT2D eigenvalue weighted by Crippen LogP contribution is -2.14. The monoisotopic (exact) mass is 116 g/mol. The molecule has 8 heavy (non-hydrogen) atoms. The standard InChI is InChI=1S/C6H12O2/c1-3-7-5(2)6-4-8-6/h5-6H,3-4H2,1-2H3/t5-,6+/m1/s1. The molecule has 0 unspecified atom stereocenters. The predicted octanol–water partition coefficient (Wildman–Crippen LogP) is 0.810. The van der Waals surface area contributed by atoms with Gasteiger partial charge in [0.2, 0.25) is 0 Å². The SMILES string of the molecule is CCO[C@H](C)[C@@H]1CO1. The molecule has 0 aromatic carbocycles. The van der Waals surface area contributed by atoms with Crippen LogP contribution in [0.2, 0.25) is 0 Å². The molecule has 0 N–H and O–H groups in total. The second-order valence-corrected chi connectivity index (χ2v) is 2.03. The molecule has 1 aliphatic rings. The zero-order valence-corrected chi connectivity index (χ0v) is 5.39. The van der Waals surface area contributed by atoms with Crippen LogP contribution in [-0.4, -0.2) is 25.4 Å². The summed E-state index contributed by atoms with van der Waals surface area (Å²) < 4.78 is 10.2. The minimum Gasteiger partial charge on any atom is -0.376 e. The van der Waals surface area contributed by atoms with Crippen molar-refractivity contribution >= 4 is 0 Å². The van der Waals surface area contributed by atoms with Crippen molar-refractivity contribution in [1.82, 2.24) is 0 Å². The topological polar surface area (TPSA) is 21.8 Å². The first-order valence-corrected chi connectivity index (χ1v) is 3.07. The number of hydrogen-bond donors (Lipinski definition) is 0. The molecule has 1 fully saturated rings. The molecule has 1 saturated heterocycles. The third-order valence-corrected chi connectivity index (χ3v) is 1.31. The Hall–Kier alpha value is -0.0800. The zero-order chi connectivity index (χ0) is 5.98. The van der Waals surface area contributed by atoms with Crippen LogP contribution in [-0.2, 0) is 9.47 Å². The summed E-state index contributed by atoms with van der Waals surface area (Å²) in [5, 5.41) is 0. The summed E-state index contributed by atoms with van der Waals surface area (Å²) >= 11 is 0. The van der Waals surface area contributed by atoms with E-state index in [-0.39, 0.29) is 0 Å². The van der Waals surface area contributed by atoms with Gasteiger partial charge in [0.05, 0.1) is 12.7 Å². The molecule has 0 aliphatic carbocycles. The fourth-order valence-corrected chi connectivity index (χ4v) is 0.697. The van der Waals surface area contributed by atoms with Crippen molar-refractivity contribution in [3.8, 4) is 0 Å². The van der Waals surface area contributed by atoms with Crippen LogP contribution in [0.25, 0.3) is 0 Å². The number of epoxide rings is 1. The predicted molar refractivity (Wildman–Crippen MR) is 30.8 cm³/mol. The molecule has 0 saturated carbocycles. The maximum absolute atomic E-state index is 5.24. The Bertz CT molecular complexity index is 68.9. The van der Waals surface area contributed by atoms with Gasteiger partial charge in [-0.25, -0.2) is 0 Å². The van der Waals surface area contributed by atoms with E-state index in [4.69, 9.17) is 9.47 Å². The molecule has 0 amide bonds. The molecule has 0 aromatic heterocycles. The van der Waals surface area contributed by atoms with Crippen molar-refractivity contribution in [2.45, 2.75) is 26.1 Å². The second kappa shape index (κ2) is 2.46. The van der Waals surface area contributed by atoms with Gasteiger partial charge in [-0.3, -0.25) is 0 Å². The maximum atomic E-state index is 5.24. The molecule has 1 aliphatic heterocycles. The van der Waals surface area contributed by atoms with Crippen molar-refractivity contribution in [2.24, 2.45) is 0 Å². The molecular weight excluding hydrogens is 104 g/mol. The highest BCUT2D eigenvalue weighted by atomic mass is 16.6. The van der Waals surface area contributed by atoms with Gasteiger partial charge in [-0.2, -0.15) is 0 Å². The highest BCUT2D eigenvalue weighted by Crippen LogP contribution is 2.15. The third-order valence-electron chi connectivity index (χ3n) is 1.31. The van der Waals surface area contributed by atoms with Gasteiger partial charge < -0.3 is 9.47 Å². The molecule has 2 nitrogen and oxygen atoms in total. The molecule has 0 spiro atoms. The Kier molecular flexibility index (Phi) is 1.86. The Morgan fingerprint density at radius 1 is 1.88 bits per heavy atom. The molecule has 0 bridgehead atoms. The summed E-state index contributed by atoms with van der Waals surface area (Å²) in [4.78, 5) is 0. The molecule has 2 atom stereocenters. The smallest absolute Gasteiger partial charge is 0.107 e. The molecule has 0 aromatic rings. The van der Waals surface area contributed by atoms with E-state index < -0.39 is 0 Å². The first kappa shape index (κ1) is 6.05. The van der Waals surface area contributed by atoms with Gasteiger partial charge >= 0.3 is 0 Å². The zero-order valence-electron chi connectivity index (χ0n) is 5.39. The molecule has 2 heteroatoms. The highest BCUT2D eigenvalue weighted by Gasteiger charge is 2.29. The number of hydrogen-bond acceptors (Lipinski definition) is 2. The van der Waals surface area contributed by atoms with E-state index in [1.54, 1.807) is 0 Å². The lowest BCUT2D eigenvalue weighted by Gasteiger charge is -2.05. The summed E-state index contributed by atoms with van der Waals surface area (Å²) in [5.74, 6) is 0. The maximum Gasteiger partial charge on any atom is 0.107 e. The third kappa shape index (κ3) is 1.46. The van der Waals surface area contributed by atoms with E-state index in [0.29, 0.717) is 12.2 Å². The van der Waals surface area contributed by atoms with Crippen LogP contribution in [0, 0.1) is 0 Å². The fourth-order valence-electron chi connectivity index (χ4n) is 0.697. The lowest BCUT2D eigenvalue weighted by atomic mass is 10.3. The quantitative estimate of drug-likeness (QED) is 0.509. The van der Waals surface area contributed by atoms with Gasteiger partial charge in [0.15, 0.2) is 0 Å². The Balaban J connectivity index is 2.03. The Labute approximate surface area is 49.8 Å². The fraction of sp³-hybridized carbons (Fsp3) is 1.00. The molecule has 48 valence electrons. The summed E-state index contributed by atoms with van der Waals surface area (Å²) in [7, 11) is 0. The van der Waals surface area contributed by atoms with Crippen LogP contribution >= 0.6 is 0 Å². The van der Waals surface area contributed by atoms with Crippen LogP contribution in [0.4, 0.5) is 0 Å². The summed E-state index contributed by atoms with van der Waals surface area (Å²) in [5.41, 5.74) is 0. The molecule has 1 rings (SSSR count). The van der Waals surface area contributed by atoms with Gasteiger partial charge in [-0.05, 0) is 13.8 Å². The summed E-state index contributed by atoms with van der Waals surface area (Å²) in [6.07, 6.45) is 0.704.